The minimum atomic E-state index is -4.94. The number of aromatic nitrogens is 1. The first kappa shape index (κ1) is 31.9. The zero-order valence-electron chi connectivity index (χ0n) is 18.7. The number of ether oxygens (including phenoxy) is 2. The fourth-order valence-electron chi connectivity index (χ4n) is 2.53. The molecule has 0 aliphatic rings. The molecule has 0 atom stereocenters. The van der Waals surface area contributed by atoms with Crippen molar-refractivity contribution in [1.29, 1.82) is 0 Å². The van der Waals surface area contributed by atoms with Gasteiger partial charge in [0.05, 0.1) is 20.8 Å². The van der Waals surface area contributed by atoms with Crippen LogP contribution in [0.2, 0.25) is 0 Å². The zero-order valence-corrected chi connectivity index (χ0v) is 20.2. The number of hydrogen-bond acceptors (Lipinski definition) is 10. The van der Waals surface area contributed by atoms with Gasteiger partial charge in [-0.3, -0.25) is 0 Å². The quantitative estimate of drug-likeness (QED) is 0.239. The second-order valence-corrected chi connectivity index (χ2v) is 8.00. The molecule has 34 heavy (non-hydrogen) atoms. The van der Waals surface area contributed by atoms with Gasteiger partial charge in [0.2, 0.25) is 0 Å². The van der Waals surface area contributed by atoms with E-state index in [9.17, 15) is 0 Å². The van der Waals surface area contributed by atoms with Gasteiger partial charge in [0, 0.05) is 18.6 Å². The minimum Gasteiger partial charge on any atom is -0.493 e. The monoisotopic (exact) mass is 526 g/mol. The summed E-state index contributed by atoms with van der Waals surface area (Å²) < 4.78 is 80.8. The van der Waals surface area contributed by atoms with E-state index in [1.54, 1.807) is 14.2 Å². The van der Waals surface area contributed by atoms with Crippen molar-refractivity contribution in [2.75, 3.05) is 20.8 Å². The number of unbranched alkanes of at least 4 members (excludes halogenated alkanes) is 2. The molecule has 2 aromatic rings. The van der Waals surface area contributed by atoms with Gasteiger partial charge < -0.3 is 15.2 Å². The molecule has 1 aromatic carbocycles. The lowest BCUT2D eigenvalue weighted by Crippen LogP contribution is -2.68. The van der Waals surface area contributed by atoms with E-state index in [0.29, 0.717) is 0 Å². The highest BCUT2D eigenvalue weighted by molar-refractivity contribution is 5.70. The Morgan fingerprint density at radius 1 is 0.735 bits per heavy atom. The second kappa shape index (κ2) is 16.5. The Kier molecular flexibility index (Phi) is 15.5. The molecule has 12 nitrogen and oxygen atoms in total. The van der Waals surface area contributed by atoms with Gasteiger partial charge in [-0.05, 0) is 36.1 Å². The summed E-state index contributed by atoms with van der Waals surface area (Å²) in [4.78, 5) is 0. The first-order valence-electron chi connectivity index (χ1n) is 9.68. The van der Waals surface area contributed by atoms with Crippen LogP contribution in [0.15, 0.2) is 42.7 Å². The van der Waals surface area contributed by atoms with Gasteiger partial charge in [-0.25, -0.2) is 41.8 Å². The van der Waals surface area contributed by atoms with Crippen LogP contribution >= 0.6 is 0 Å². The van der Waals surface area contributed by atoms with Gasteiger partial charge in [0.1, 0.15) is 6.54 Å². The maximum absolute atomic E-state index is 8.49. The summed E-state index contributed by atoms with van der Waals surface area (Å²) in [6.07, 6.45) is 12.1. The number of pyridine rings is 1. The topological polar surface area (TPSA) is 234 Å². The molecule has 0 saturated carbocycles. The maximum atomic E-state index is 8.49. The van der Waals surface area contributed by atoms with Crippen LogP contribution in [0.4, 0.5) is 0 Å². The average Bonchev–Trinajstić information content (AvgIpc) is 2.73. The van der Waals surface area contributed by atoms with E-state index in [1.807, 2.05) is 18.2 Å². The molecule has 192 valence electrons. The van der Waals surface area contributed by atoms with Crippen molar-refractivity contribution < 1.29 is 77.5 Å². The molecule has 0 amide bonds. The summed E-state index contributed by atoms with van der Waals surface area (Å²) in [5.41, 5.74) is 6.14. The van der Waals surface area contributed by atoms with Gasteiger partial charge >= 0.3 is 0 Å². The normalized spacial score (nSPS) is 11.3. The standard InChI is InChI=1S/C20H27N2O2.2ClHO4/c1-23-19-9-8-18(16-20(19)24-2)7-6-17-10-14-22(15-11-17)13-5-3-4-12-21;2*2-1(3,4)5/h6-11,14-16H,3-5,12-13,21H2,1-2H3;2*(H,2,3,4,5)/q+1;;/p-1/b7-6+;;. The van der Waals surface area contributed by atoms with E-state index in [-0.39, 0.29) is 0 Å². The zero-order chi connectivity index (χ0) is 26.2. The first-order chi connectivity index (χ1) is 15.8. The Hall–Kier alpha value is -2.07. The molecule has 0 aliphatic heterocycles. The number of rotatable bonds is 9. The summed E-state index contributed by atoms with van der Waals surface area (Å²) in [6, 6.07) is 10.2. The van der Waals surface area contributed by atoms with Crippen molar-refractivity contribution in [2.45, 2.75) is 25.8 Å². The third-order valence-electron chi connectivity index (χ3n) is 3.96. The summed E-state index contributed by atoms with van der Waals surface area (Å²) >= 11 is 0. The summed E-state index contributed by atoms with van der Waals surface area (Å²) in [7, 11) is -6.59. The van der Waals surface area contributed by atoms with Crippen LogP contribution in [-0.4, -0.2) is 20.8 Å². The van der Waals surface area contributed by atoms with Crippen molar-refractivity contribution in [3.05, 3.63) is 53.9 Å². The summed E-state index contributed by atoms with van der Waals surface area (Å²) in [5, 5.41) is 0. The third kappa shape index (κ3) is 19.4. The van der Waals surface area contributed by atoms with Crippen LogP contribution in [0, 0.1) is 20.5 Å². The number of nitrogens with zero attached hydrogens (tertiary/aromatic N) is 1. The molecule has 0 fully saturated rings. The van der Waals surface area contributed by atoms with Gasteiger partial charge in [0.15, 0.2) is 23.9 Å². The number of benzene rings is 1. The lowest BCUT2D eigenvalue weighted by atomic mass is 10.1. The molecular formula is C20H28Cl2N2O10. The molecule has 0 spiro atoms. The lowest BCUT2D eigenvalue weighted by molar-refractivity contribution is -2.00. The highest BCUT2D eigenvalue weighted by atomic mass is 35.7. The minimum absolute atomic E-state index is 0.743. The van der Waals surface area contributed by atoms with E-state index in [2.05, 4.69) is 47.0 Å². The van der Waals surface area contributed by atoms with E-state index in [0.717, 1.165) is 30.2 Å². The molecular weight excluding hydrogens is 499 g/mol. The molecule has 0 bridgehead atoms. The fraction of sp³-hybridized carbons (Fsp3) is 0.350. The predicted octanol–water partition coefficient (Wildman–Crippen LogP) is -6.94. The Morgan fingerprint density at radius 3 is 1.71 bits per heavy atom. The number of halogens is 2. The van der Waals surface area contributed by atoms with Crippen molar-refractivity contribution in [3.8, 4) is 11.5 Å². The van der Waals surface area contributed by atoms with Gasteiger partial charge in [-0.15, -0.1) is 20.5 Å². The van der Waals surface area contributed by atoms with Gasteiger partial charge in [-0.1, -0.05) is 18.2 Å². The highest BCUT2D eigenvalue weighted by Gasteiger charge is 2.03. The highest BCUT2D eigenvalue weighted by Crippen LogP contribution is 2.28. The Balaban J connectivity index is 0.000000916. The Labute approximate surface area is 201 Å². The molecule has 0 saturated heterocycles. The van der Waals surface area contributed by atoms with Crippen molar-refractivity contribution >= 4 is 12.2 Å². The predicted molar refractivity (Wildman–Crippen MR) is 96.7 cm³/mol. The van der Waals surface area contributed by atoms with Crippen LogP contribution in [0.25, 0.3) is 12.2 Å². The molecule has 3 N–H and O–H groups in total. The molecule has 0 aliphatic carbocycles. The van der Waals surface area contributed by atoms with Crippen molar-refractivity contribution in [2.24, 2.45) is 0 Å². The lowest BCUT2D eigenvalue weighted by Gasteiger charge is -2.17. The summed E-state index contributed by atoms with van der Waals surface area (Å²) in [5.74, 6) is 1.49. The van der Waals surface area contributed by atoms with E-state index in [1.165, 1.54) is 24.8 Å². The second-order valence-electron chi connectivity index (χ2n) is 6.49. The van der Waals surface area contributed by atoms with Gasteiger partial charge in [-0.2, -0.15) is 0 Å². The molecule has 2 rings (SSSR count). The van der Waals surface area contributed by atoms with Crippen LogP contribution in [-0.2, 0) is 6.54 Å². The molecule has 0 unspecified atom stereocenters. The van der Waals surface area contributed by atoms with Crippen LogP contribution < -0.4 is 57.0 Å². The Bertz CT molecular complexity index is 817. The van der Waals surface area contributed by atoms with Crippen molar-refractivity contribution in [3.63, 3.8) is 0 Å². The van der Waals surface area contributed by atoms with E-state index >= 15 is 0 Å². The van der Waals surface area contributed by atoms with Crippen LogP contribution in [0.1, 0.15) is 30.4 Å². The molecule has 14 heteroatoms. The first-order valence-corrected chi connectivity index (χ1v) is 12.2. The number of quaternary nitrogens is 1. The van der Waals surface area contributed by atoms with E-state index in [4.69, 9.17) is 46.7 Å². The molecule has 1 aromatic heterocycles. The number of methoxy groups -OCH3 is 2. The van der Waals surface area contributed by atoms with Crippen LogP contribution in [0.5, 0.6) is 11.5 Å². The van der Waals surface area contributed by atoms with E-state index < -0.39 is 20.5 Å². The maximum Gasteiger partial charge on any atom is 0.169 e. The largest absolute Gasteiger partial charge is 0.493 e. The fourth-order valence-corrected chi connectivity index (χ4v) is 2.53. The third-order valence-corrected chi connectivity index (χ3v) is 3.96. The molecule has 1 heterocycles. The van der Waals surface area contributed by atoms with Gasteiger partial charge in [0.25, 0.3) is 0 Å². The summed E-state index contributed by atoms with van der Waals surface area (Å²) in [6.45, 7) is 2.10. The Morgan fingerprint density at radius 2 is 1.24 bits per heavy atom. The number of aryl methyl sites for hydroxylation is 1. The smallest absolute Gasteiger partial charge is 0.169 e. The number of hydrogen-bond donors (Lipinski definition) is 1. The van der Waals surface area contributed by atoms with Crippen molar-refractivity contribution in [1.82, 2.24) is 0 Å². The SMILES string of the molecule is COc1ccc(/C=C/c2cc[n+](CCCCC[NH3+])cc2)cc1OC.[O-][Cl+3]([O-])([O-])[O-].[O-][Cl+3]([O-])([O-])[O-]. The molecule has 0 radical (unpaired) electrons. The van der Waals surface area contributed by atoms with Crippen LogP contribution in [0.3, 0.4) is 0 Å². The average molecular weight is 527 g/mol.